The highest BCUT2D eigenvalue weighted by Gasteiger charge is 2.29. The van der Waals surface area contributed by atoms with Gasteiger partial charge in [0.1, 0.15) is 0 Å². The lowest BCUT2D eigenvalue weighted by Crippen LogP contribution is -2.40. The largest absolute Gasteiger partial charge is 0.469 e. The predicted molar refractivity (Wildman–Crippen MR) is 114 cm³/mol. The van der Waals surface area contributed by atoms with E-state index in [9.17, 15) is 18.0 Å². The van der Waals surface area contributed by atoms with Crippen LogP contribution in [0.25, 0.3) is 0 Å². The van der Waals surface area contributed by atoms with Crippen LogP contribution in [-0.2, 0) is 19.6 Å². The van der Waals surface area contributed by atoms with Crippen molar-refractivity contribution >= 4 is 27.6 Å². The van der Waals surface area contributed by atoms with Crippen LogP contribution in [0.2, 0.25) is 0 Å². The Morgan fingerprint density at radius 2 is 1.63 bits per heavy atom. The predicted octanol–water partition coefficient (Wildman–Crippen LogP) is 2.93. The number of rotatable bonds is 6. The number of carbonyl (C=O) groups excluding carboxylic acids is 2. The van der Waals surface area contributed by atoms with E-state index in [1.54, 1.807) is 66.4 Å². The molecule has 8 heteroatoms. The Morgan fingerprint density at radius 3 is 2.17 bits per heavy atom. The molecule has 0 N–H and O–H groups in total. The molecule has 0 spiro atoms. The first-order valence-electron chi connectivity index (χ1n) is 9.93. The highest BCUT2D eigenvalue weighted by atomic mass is 32.2. The van der Waals surface area contributed by atoms with Crippen molar-refractivity contribution in [2.75, 3.05) is 31.0 Å². The molecule has 1 aliphatic heterocycles. The highest BCUT2D eigenvalue weighted by molar-refractivity contribution is 7.92. The van der Waals surface area contributed by atoms with E-state index in [1.807, 2.05) is 0 Å². The number of anilines is 1. The van der Waals surface area contributed by atoms with E-state index in [2.05, 4.69) is 0 Å². The van der Waals surface area contributed by atoms with Gasteiger partial charge in [-0.3, -0.25) is 13.9 Å². The Bertz CT molecular complexity index is 982. The molecule has 1 amide bonds. The van der Waals surface area contributed by atoms with Gasteiger partial charge in [-0.05, 0) is 56.2 Å². The third kappa shape index (κ3) is 4.48. The molecule has 1 aliphatic rings. The molecule has 2 aromatic carbocycles. The molecule has 1 fully saturated rings. The van der Waals surface area contributed by atoms with E-state index >= 15 is 0 Å². The van der Waals surface area contributed by atoms with Crippen molar-refractivity contribution in [3.8, 4) is 0 Å². The van der Waals surface area contributed by atoms with Crippen LogP contribution < -0.4 is 4.31 Å². The number of methoxy groups -OCH3 is 1. The summed E-state index contributed by atoms with van der Waals surface area (Å²) in [5, 5.41) is 0. The van der Waals surface area contributed by atoms with Gasteiger partial charge in [-0.15, -0.1) is 0 Å². The Hall–Kier alpha value is -2.87. The van der Waals surface area contributed by atoms with Gasteiger partial charge in [-0.25, -0.2) is 8.42 Å². The number of esters is 1. The SMILES string of the molecule is CCN(c1ccc(C(=O)N2CCC(C(=O)OC)CC2)cc1)S(=O)(=O)c1ccccc1. The molecule has 0 saturated carbocycles. The van der Waals surface area contributed by atoms with E-state index < -0.39 is 10.0 Å². The monoisotopic (exact) mass is 430 g/mol. The van der Waals surface area contributed by atoms with Gasteiger partial charge < -0.3 is 9.64 Å². The standard InChI is InChI=1S/C22H26N2O5S/c1-3-24(30(27,28)20-7-5-4-6-8-20)19-11-9-17(10-12-19)21(25)23-15-13-18(14-16-23)22(26)29-2/h4-12,18H,3,13-16H2,1-2H3. The van der Waals surface area contributed by atoms with Crippen LogP contribution in [0.1, 0.15) is 30.1 Å². The number of likely N-dealkylation sites (tertiary alicyclic amines) is 1. The maximum atomic E-state index is 13.0. The molecular weight excluding hydrogens is 404 g/mol. The molecule has 0 bridgehead atoms. The van der Waals surface area contributed by atoms with Crippen molar-refractivity contribution in [2.24, 2.45) is 5.92 Å². The number of nitrogens with zero attached hydrogens (tertiary/aromatic N) is 2. The van der Waals surface area contributed by atoms with Crippen LogP contribution >= 0.6 is 0 Å². The van der Waals surface area contributed by atoms with Gasteiger partial charge in [0, 0.05) is 25.2 Å². The fraction of sp³-hybridized carbons (Fsp3) is 0.364. The van der Waals surface area contributed by atoms with Crippen LogP contribution in [0.4, 0.5) is 5.69 Å². The maximum Gasteiger partial charge on any atom is 0.308 e. The minimum Gasteiger partial charge on any atom is -0.469 e. The third-order valence-electron chi connectivity index (χ3n) is 5.34. The van der Waals surface area contributed by atoms with Crippen LogP contribution in [0, 0.1) is 5.92 Å². The van der Waals surface area contributed by atoms with E-state index in [4.69, 9.17) is 4.74 Å². The molecular formula is C22H26N2O5S. The van der Waals surface area contributed by atoms with Gasteiger partial charge in [0.2, 0.25) is 0 Å². The summed E-state index contributed by atoms with van der Waals surface area (Å²) in [4.78, 5) is 26.4. The lowest BCUT2D eigenvalue weighted by molar-refractivity contribution is -0.146. The number of piperidine rings is 1. The van der Waals surface area contributed by atoms with Gasteiger partial charge in [0.25, 0.3) is 15.9 Å². The molecule has 160 valence electrons. The highest BCUT2D eigenvalue weighted by Crippen LogP contribution is 2.25. The van der Waals surface area contributed by atoms with E-state index in [0.717, 1.165) is 0 Å². The summed E-state index contributed by atoms with van der Waals surface area (Å²) in [6.07, 6.45) is 1.16. The molecule has 1 saturated heterocycles. The summed E-state index contributed by atoms with van der Waals surface area (Å²) < 4.78 is 32.0. The quantitative estimate of drug-likeness (QED) is 0.658. The molecule has 30 heavy (non-hydrogen) atoms. The molecule has 0 aromatic heterocycles. The minimum absolute atomic E-state index is 0.126. The topological polar surface area (TPSA) is 84.0 Å². The fourth-order valence-corrected chi connectivity index (χ4v) is 5.14. The summed E-state index contributed by atoms with van der Waals surface area (Å²) in [7, 11) is -2.31. The van der Waals surface area contributed by atoms with Gasteiger partial charge in [-0.1, -0.05) is 18.2 Å². The summed E-state index contributed by atoms with van der Waals surface area (Å²) >= 11 is 0. The number of ether oxygens (including phenoxy) is 1. The maximum absolute atomic E-state index is 13.0. The fourth-order valence-electron chi connectivity index (χ4n) is 3.65. The van der Waals surface area contributed by atoms with Crippen molar-refractivity contribution < 1.29 is 22.7 Å². The first-order valence-corrected chi connectivity index (χ1v) is 11.4. The van der Waals surface area contributed by atoms with Crippen molar-refractivity contribution in [1.29, 1.82) is 0 Å². The van der Waals surface area contributed by atoms with Crippen molar-refractivity contribution in [2.45, 2.75) is 24.7 Å². The Kier molecular flexibility index (Phi) is 6.77. The summed E-state index contributed by atoms with van der Waals surface area (Å²) in [6.45, 7) is 3.02. The normalized spacial score (nSPS) is 14.9. The molecule has 1 heterocycles. The number of benzene rings is 2. The first-order chi connectivity index (χ1) is 14.4. The lowest BCUT2D eigenvalue weighted by Gasteiger charge is -2.31. The average Bonchev–Trinajstić information content (AvgIpc) is 2.79. The van der Waals surface area contributed by atoms with E-state index in [1.165, 1.54) is 11.4 Å². The van der Waals surface area contributed by atoms with Gasteiger partial charge in [0.15, 0.2) is 0 Å². The molecule has 0 aliphatic carbocycles. The van der Waals surface area contributed by atoms with Crippen LogP contribution in [0.5, 0.6) is 0 Å². The Balaban J connectivity index is 1.73. The molecule has 3 rings (SSSR count). The van der Waals surface area contributed by atoms with Gasteiger partial charge in [0.05, 0.1) is 23.6 Å². The van der Waals surface area contributed by atoms with Crippen LogP contribution in [0.3, 0.4) is 0 Å². The molecule has 7 nitrogen and oxygen atoms in total. The van der Waals surface area contributed by atoms with Crippen molar-refractivity contribution in [3.63, 3.8) is 0 Å². The lowest BCUT2D eigenvalue weighted by atomic mass is 9.96. The number of sulfonamides is 1. The van der Waals surface area contributed by atoms with Gasteiger partial charge >= 0.3 is 5.97 Å². The summed E-state index contributed by atoms with van der Waals surface area (Å²) in [6, 6.07) is 14.9. The number of hydrogen-bond acceptors (Lipinski definition) is 5. The summed E-state index contributed by atoms with van der Waals surface area (Å²) in [5.74, 6) is -0.521. The number of amides is 1. The number of hydrogen-bond donors (Lipinski definition) is 0. The van der Waals surface area contributed by atoms with Gasteiger partial charge in [-0.2, -0.15) is 0 Å². The second-order valence-electron chi connectivity index (χ2n) is 7.12. The smallest absolute Gasteiger partial charge is 0.308 e. The Morgan fingerprint density at radius 1 is 1.03 bits per heavy atom. The van der Waals surface area contributed by atoms with E-state index in [0.29, 0.717) is 37.2 Å². The molecule has 0 atom stereocenters. The number of carbonyl (C=O) groups is 2. The first kappa shape index (κ1) is 21.8. The van der Waals surface area contributed by atoms with E-state index in [-0.39, 0.29) is 29.2 Å². The summed E-state index contributed by atoms with van der Waals surface area (Å²) in [5.41, 5.74) is 0.991. The Labute approximate surface area is 177 Å². The van der Waals surface area contributed by atoms with Crippen molar-refractivity contribution in [1.82, 2.24) is 4.90 Å². The van der Waals surface area contributed by atoms with Crippen LogP contribution in [0.15, 0.2) is 59.5 Å². The molecule has 2 aromatic rings. The zero-order valence-corrected chi connectivity index (χ0v) is 18.0. The third-order valence-corrected chi connectivity index (χ3v) is 7.25. The molecule has 0 unspecified atom stereocenters. The average molecular weight is 431 g/mol. The second kappa shape index (κ2) is 9.30. The minimum atomic E-state index is -3.68. The molecule has 0 radical (unpaired) electrons. The van der Waals surface area contributed by atoms with Crippen LogP contribution in [-0.4, -0.2) is 51.9 Å². The zero-order valence-electron chi connectivity index (χ0n) is 17.2. The zero-order chi connectivity index (χ0) is 21.7. The van der Waals surface area contributed by atoms with Crippen molar-refractivity contribution in [3.05, 3.63) is 60.2 Å². The second-order valence-corrected chi connectivity index (χ2v) is 8.98.